The van der Waals surface area contributed by atoms with Gasteiger partial charge in [0.05, 0.1) is 7.11 Å². The predicted octanol–water partition coefficient (Wildman–Crippen LogP) is 4.23. The first-order valence-electron chi connectivity index (χ1n) is 7.59. The van der Waals surface area contributed by atoms with Crippen LogP contribution in [-0.4, -0.2) is 30.6 Å². The van der Waals surface area contributed by atoms with Crippen LogP contribution in [0.4, 0.5) is 5.82 Å². The molecule has 1 aliphatic rings. The molecule has 0 radical (unpaired) electrons. The Labute approximate surface area is 130 Å². The monoisotopic (exact) mass is 304 g/mol. The lowest BCUT2D eigenvalue weighted by Gasteiger charge is -2.30. The van der Waals surface area contributed by atoms with E-state index in [2.05, 4.69) is 16.0 Å². The number of hydrogen-bond donors (Lipinski definition) is 0. The van der Waals surface area contributed by atoms with Gasteiger partial charge in [-0.2, -0.15) is 0 Å². The van der Waals surface area contributed by atoms with Gasteiger partial charge in [0.1, 0.15) is 11.6 Å². The molecule has 0 bridgehead atoms. The summed E-state index contributed by atoms with van der Waals surface area (Å²) < 4.78 is 5.48. The smallest absolute Gasteiger partial charge is 0.136 e. The molecule has 0 spiro atoms. The van der Waals surface area contributed by atoms with Crippen LogP contribution in [0.3, 0.4) is 0 Å². The fourth-order valence-electron chi connectivity index (χ4n) is 3.19. The normalized spacial score (nSPS) is 19.5. The van der Waals surface area contributed by atoms with Gasteiger partial charge in [0, 0.05) is 35.4 Å². The van der Waals surface area contributed by atoms with Crippen LogP contribution in [0.15, 0.2) is 30.5 Å². The molecule has 1 unspecified atom stereocenters. The van der Waals surface area contributed by atoms with Crippen molar-refractivity contribution in [2.45, 2.75) is 31.7 Å². The van der Waals surface area contributed by atoms with Crippen LogP contribution >= 0.6 is 11.6 Å². The zero-order chi connectivity index (χ0) is 14.7. The van der Waals surface area contributed by atoms with Gasteiger partial charge in [0.15, 0.2) is 0 Å². The van der Waals surface area contributed by atoms with Crippen molar-refractivity contribution < 1.29 is 4.74 Å². The lowest BCUT2D eigenvalue weighted by molar-refractivity contribution is 0.420. The number of hydrogen-bond acceptors (Lipinski definition) is 3. The van der Waals surface area contributed by atoms with Gasteiger partial charge in [-0.3, -0.25) is 0 Å². The van der Waals surface area contributed by atoms with Gasteiger partial charge in [-0.1, -0.05) is 25.0 Å². The molecule has 1 aliphatic heterocycles. The van der Waals surface area contributed by atoms with Crippen molar-refractivity contribution in [1.82, 2.24) is 4.98 Å². The third-order valence-corrected chi connectivity index (χ3v) is 4.65. The Bertz CT molecular complexity index is 617. The fourth-order valence-corrected chi connectivity index (χ4v) is 3.51. The second-order valence-electron chi connectivity index (χ2n) is 5.54. The van der Waals surface area contributed by atoms with E-state index in [1.807, 2.05) is 24.4 Å². The zero-order valence-corrected chi connectivity index (χ0v) is 13.1. The second-order valence-corrected chi connectivity index (χ2v) is 5.85. The van der Waals surface area contributed by atoms with E-state index < -0.39 is 0 Å². The van der Waals surface area contributed by atoms with Crippen molar-refractivity contribution in [3.05, 3.63) is 30.5 Å². The van der Waals surface area contributed by atoms with Crippen molar-refractivity contribution in [3.63, 3.8) is 0 Å². The number of aromatic nitrogens is 1. The second kappa shape index (κ2) is 6.52. The van der Waals surface area contributed by atoms with Gasteiger partial charge in [0.25, 0.3) is 0 Å². The molecule has 0 N–H and O–H groups in total. The molecule has 2 heterocycles. The minimum atomic E-state index is 0.374. The van der Waals surface area contributed by atoms with Crippen LogP contribution in [0.25, 0.3) is 10.8 Å². The Morgan fingerprint density at radius 1 is 1.24 bits per heavy atom. The summed E-state index contributed by atoms with van der Waals surface area (Å²) in [7, 11) is 1.71. The Morgan fingerprint density at radius 2 is 2.14 bits per heavy atom. The average molecular weight is 305 g/mol. The Hall–Kier alpha value is -1.48. The first-order valence-corrected chi connectivity index (χ1v) is 8.13. The maximum Gasteiger partial charge on any atom is 0.136 e. The average Bonchev–Trinajstić information content (AvgIpc) is 2.78. The summed E-state index contributed by atoms with van der Waals surface area (Å²) in [5, 5.41) is 2.26. The molecule has 21 heavy (non-hydrogen) atoms. The summed E-state index contributed by atoms with van der Waals surface area (Å²) >= 11 is 6.21. The number of rotatable bonds is 3. The molecule has 112 valence electrons. The molecule has 0 amide bonds. The van der Waals surface area contributed by atoms with E-state index >= 15 is 0 Å². The molecule has 1 atom stereocenters. The van der Waals surface area contributed by atoms with E-state index in [1.165, 1.54) is 19.3 Å². The van der Waals surface area contributed by atoms with Gasteiger partial charge in [-0.05, 0) is 25.0 Å². The van der Waals surface area contributed by atoms with E-state index in [0.29, 0.717) is 11.9 Å². The fraction of sp³-hybridized carbons (Fsp3) is 0.471. The maximum atomic E-state index is 6.21. The lowest BCUT2D eigenvalue weighted by atomic mass is 10.1. The molecule has 0 saturated carbocycles. The Balaban J connectivity index is 2.10. The summed E-state index contributed by atoms with van der Waals surface area (Å²) in [6, 6.07) is 8.54. The number of fused-ring (bicyclic) bond motifs is 1. The van der Waals surface area contributed by atoms with Gasteiger partial charge in [-0.15, -0.1) is 11.6 Å². The number of pyridine rings is 1. The summed E-state index contributed by atoms with van der Waals surface area (Å²) in [6.07, 6.45) is 6.75. The van der Waals surface area contributed by atoms with Crippen LogP contribution < -0.4 is 9.64 Å². The van der Waals surface area contributed by atoms with Crippen LogP contribution in [-0.2, 0) is 0 Å². The molecule has 1 aromatic heterocycles. The van der Waals surface area contributed by atoms with Gasteiger partial charge < -0.3 is 9.64 Å². The summed E-state index contributed by atoms with van der Waals surface area (Å²) in [4.78, 5) is 7.05. The van der Waals surface area contributed by atoms with Crippen molar-refractivity contribution >= 4 is 28.2 Å². The van der Waals surface area contributed by atoms with Crippen LogP contribution in [0.1, 0.15) is 25.7 Å². The molecule has 3 nitrogen and oxygen atoms in total. The lowest BCUT2D eigenvalue weighted by Crippen LogP contribution is -2.36. The molecule has 1 aromatic carbocycles. The number of ether oxygens (including phenoxy) is 1. The Morgan fingerprint density at radius 3 is 2.95 bits per heavy atom. The minimum absolute atomic E-state index is 0.374. The number of anilines is 1. The van der Waals surface area contributed by atoms with Crippen molar-refractivity contribution in [2.24, 2.45) is 0 Å². The van der Waals surface area contributed by atoms with Crippen molar-refractivity contribution in [3.8, 4) is 5.75 Å². The Kier molecular flexibility index (Phi) is 4.49. The largest absolute Gasteiger partial charge is 0.496 e. The number of methoxy groups -OCH3 is 1. The van der Waals surface area contributed by atoms with Crippen LogP contribution in [0.2, 0.25) is 0 Å². The quantitative estimate of drug-likeness (QED) is 0.793. The number of halogens is 1. The topological polar surface area (TPSA) is 25.4 Å². The van der Waals surface area contributed by atoms with Crippen molar-refractivity contribution in [1.29, 1.82) is 0 Å². The first kappa shape index (κ1) is 14.5. The van der Waals surface area contributed by atoms with E-state index in [9.17, 15) is 0 Å². The standard InChI is InChI=1S/C17H21ClN2O/c1-21-16-8-5-7-15-14(16)9-10-19-17(15)20-11-4-2-3-6-13(20)12-18/h5,7-10,13H,2-4,6,11-12H2,1H3. The SMILES string of the molecule is COc1cccc2c(N3CCCCCC3CCl)nccc12. The van der Waals surface area contributed by atoms with E-state index in [1.54, 1.807) is 7.11 Å². The number of alkyl halides is 1. The highest BCUT2D eigenvalue weighted by molar-refractivity contribution is 6.18. The molecular formula is C17H21ClN2O. The molecule has 1 saturated heterocycles. The summed E-state index contributed by atoms with van der Waals surface area (Å²) in [5.41, 5.74) is 0. The summed E-state index contributed by atoms with van der Waals surface area (Å²) in [6.45, 7) is 1.03. The maximum absolute atomic E-state index is 6.21. The zero-order valence-electron chi connectivity index (χ0n) is 12.4. The number of nitrogens with zero attached hydrogens (tertiary/aromatic N) is 2. The highest BCUT2D eigenvalue weighted by atomic mass is 35.5. The van der Waals surface area contributed by atoms with E-state index in [4.69, 9.17) is 16.3 Å². The minimum Gasteiger partial charge on any atom is -0.496 e. The van der Waals surface area contributed by atoms with Crippen LogP contribution in [0.5, 0.6) is 5.75 Å². The molecule has 3 rings (SSSR count). The van der Waals surface area contributed by atoms with Crippen LogP contribution in [0, 0.1) is 0 Å². The highest BCUT2D eigenvalue weighted by Crippen LogP contribution is 2.33. The number of benzene rings is 1. The molecule has 1 fully saturated rings. The van der Waals surface area contributed by atoms with E-state index in [0.717, 1.165) is 35.3 Å². The predicted molar refractivity (Wildman–Crippen MR) is 88.6 cm³/mol. The van der Waals surface area contributed by atoms with Gasteiger partial charge in [-0.25, -0.2) is 4.98 Å². The third kappa shape index (κ3) is 2.80. The molecular weight excluding hydrogens is 284 g/mol. The molecule has 2 aromatic rings. The van der Waals surface area contributed by atoms with Gasteiger partial charge >= 0.3 is 0 Å². The third-order valence-electron chi connectivity index (χ3n) is 4.29. The highest BCUT2D eigenvalue weighted by Gasteiger charge is 2.23. The van der Waals surface area contributed by atoms with E-state index in [-0.39, 0.29) is 0 Å². The summed E-state index contributed by atoms with van der Waals surface area (Å²) in [5.74, 6) is 2.59. The molecule has 0 aliphatic carbocycles. The molecule has 4 heteroatoms. The van der Waals surface area contributed by atoms with Gasteiger partial charge in [0.2, 0.25) is 0 Å². The first-order chi connectivity index (χ1) is 10.3. The van der Waals surface area contributed by atoms with Crippen molar-refractivity contribution in [2.75, 3.05) is 24.4 Å².